The molecule has 1 N–H and O–H groups in total. The van der Waals surface area contributed by atoms with Gasteiger partial charge < -0.3 is 4.90 Å². The second-order valence-corrected chi connectivity index (χ2v) is 6.81. The van der Waals surface area contributed by atoms with Gasteiger partial charge in [-0.1, -0.05) is 43.7 Å². The highest BCUT2D eigenvalue weighted by Crippen LogP contribution is 2.14. The van der Waals surface area contributed by atoms with Gasteiger partial charge in [-0.15, -0.1) is 0 Å². The summed E-state index contributed by atoms with van der Waals surface area (Å²) < 4.78 is 0. The fourth-order valence-corrected chi connectivity index (χ4v) is 3.35. The number of nitrogens with zero attached hydrogens (tertiary/aromatic N) is 3. The van der Waals surface area contributed by atoms with Crippen LogP contribution in [0.25, 0.3) is 0 Å². The lowest BCUT2D eigenvalue weighted by Crippen LogP contribution is -2.47. The number of benzene rings is 1. The maximum atomic E-state index is 12.4. The predicted octanol–water partition coefficient (Wildman–Crippen LogP) is 2.74. The van der Waals surface area contributed by atoms with Gasteiger partial charge >= 0.3 is 0 Å². The van der Waals surface area contributed by atoms with E-state index in [2.05, 4.69) is 57.0 Å². The normalized spacial score (nSPS) is 15.5. The Morgan fingerprint density at radius 2 is 1.84 bits per heavy atom. The van der Waals surface area contributed by atoms with Crippen LogP contribution in [0, 0.1) is 6.92 Å². The van der Waals surface area contributed by atoms with Crippen molar-refractivity contribution < 1.29 is 0 Å². The number of aromatic nitrogens is 2. The summed E-state index contributed by atoms with van der Waals surface area (Å²) in [6.07, 6.45) is 2.93. The lowest BCUT2D eigenvalue weighted by atomic mass is 10.1. The molecule has 1 aliphatic rings. The molecule has 0 amide bonds. The van der Waals surface area contributed by atoms with Gasteiger partial charge in [0, 0.05) is 44.0 Å². The Morgan fingerprint density at radius 3 is 2.48 bits per heavy atom. The third-order valence-electron chi connectivity index (χ3n) is 4.91. The van der Waals surface area contributed by atoms with Crippen LogP contribution in [0.2, 0.25) is 0 Å². The van der Waals surface area contributed by atoms with Crippen LogP contribution in [0.4, 0.5) is 5.95 Å². The SMILES string of the molecule is CCCCc1c(C)nc(N2CCN(Cc3ccccc3)CC2)[nH]c1=O. The van der Waals surface area contributed by atoms with Gasteiger partial charge in [0.25, 0.3) is 5.56 Å². The fourth-order valence-electron chi connectivity index (χ4n) is 3.35. The zero-order valence-corrected chi connectivity index (χ0v) is 15.3. The molecule has 0 radical (unpaired) electrons. The molecule has 0 unspecified atom stereocenters. The first-order valence-electron chi connectivity index (χ1n) is 9.28. The molecule has 1 saturated heterocycles. The van der Waals surface area contributed by atoms with Gasteiger partial charge in [0.2, 0.25) is 5.95 Å². The van der Waals surface area contributed by atoms with Crippen molar-refractivity contribution in [3.05, 3.63) is 57.5 Å². The molecule has 2 aromatic rings. The van der Waals surface area contributed by atoms with Crippen LogP contribution in [0.1, 0.15) is 36.6 Å². The van der Waals surface area contributed by atoms with Crippen molar-refractivity contribution in [3.63, 3.8) is 0 Å². The Kier molecular flexibility index (Phi) is 5.87. The number of hydrogen-bond acceptors (Lipinski definition) is 4. The first kappa shape index (κ1) is 17.7. The Hall–Kier alpha value is -2.14. The lowest BCUT2D eigenvalue weighted by Gasteiger charge is -2.35. The second-order valence-electron chi connectivity index (χ2n) is 6.81. The molecule has 3 rings (SSSR count). The van der Waals surface area contributed by atoms with Crippen molar-refractivity contribution in [2.75, 3.05) is 31.1 Å². The van der Waals surface area contributed by atoms with Crippen LogP contribution in [0.15, 0.2) is 35.1 Å². The number of nitrogens with one attached hydrogen (secondary N) is 1. The van der Waals surface area contributed by atoms with E-state index in [0.717, 1.165) is 69.2 Å². The zero-order valence-electron chi connectivity index (χ0n) is 15.3. The molecule has 0 bridgehead atoms. The van der Waals surface area contributed by atoms with Crippen molar-refractivity contribution in [2.24, 2.45) is 0 Å². The summed E-state index contributed by atoms with van der Waals surface area (Å²) in [4.78, 5) is 24.7. The predicted molar refractivity (Wildman–Crippen MR) is 102 cm³/mol. The molecule has 134 valence electrons. The highest BCUT2D eigenvalue weighted by Gasteiger charge is 2.20. The summed E-state index contributed by atoms with van der Waals surface area (Å²) in [5.74, 6) is 0.724. The molecule has 1 aromatic heterocycles. The summed E-state index contributed by atoms with van der Waals surface area (Å²) in [6.45, 7) is 8.82. The first-order chi connectivity index (χ1) is 12.2. The maximum absolute atomic E-state index is 12.4. The van der Waals surface area contributed by atoms with Crippen LogP contribution in [0.5, 0.6) is 0 Å². The minimum atomic E-state index is 0.0302. The van der Waals surface area contributed by atoms with Crippen molar-refractivity contribution in [1.29, 1.82) is 0 Å². The Labute approximate surface area is 149 Å². The molecule has 0 atom stereocenters. The molecule has 0 saturated carbocycles. The molecule has 25 heavy (non-hydrogen) atoms. The fraction of sp³-hybridized carbons (Fsp3) is 0.500. The summed E-state index contributed by atoms with van der Waals surface area (Å²) in [5.41, 5.74) is 3.09. The number of piperazine rings is 1. The van der Waals surface area contributed by atoms with E-state index < -0.39 is 0 Å². The largest absolute Gasteiger partial charge is 0.340 e. The number of unbranched alkanes of at least 4 members (excludes halogenated alkanes) is 1. The molecule has 1 fully saturated rings. The quantitative estimate of drug-likeness (QED) is 0.878. The van der Waals surface area contributed by atoms with Crippen molar-refractivity contribution in [2.45, 2.75) is 39.7 Å². The second kappa shape index (κ2) is 8.30. The van der Waals surface area contributed by atoms with E-state index in [4.69, 9.17) is 0 Å². The van der Waals surface area contributed by atoms with E-state index >= 15 is 0 Å². The number of hydrogen-bond donors (Lipinski definition) is 1. The summed E-state index contributed by atoms with van der Waals surface area (Å²) in [6, 6.07) is 10.6. The summed E-state index contributed by atoms with van der Waals surface area (Å²) >= 11 is 0. The molecule has 5 nitrogen and oxygen atoms in total. The Bertz CT molecular complexity index is 733. The molecule has 5 heteroatoms. The Balaban J connectivity index is 1.62. The smallest absolute Gasteiger partial charge is 0.255 e. The first-order valence-corrected chi connectivity index (χ1v) is 9.28. The minimum absolute atomic E-state index is 0.0302. The van der Waals surface area contributed by atoms with Crippen LogP contribution in [0.3, 0.4) is 0 Å². The van der Waals surface area contributed by atoms with Gasteiger partial charge in [0.05, 0.1) is 0 Å². The maximum Gasteiger partial charge on any atom is 0.255 e. The third kappa shape index (κ3) is 4.48. The number of H-pyrrole nitrogens is 1. The standard InChI is InChI=1S/C20H28N4O/c1-3-4-10-18-16(2)21-20(22-19(18)25)24-13-11-23(12-14-24)15-17-8-6-5-7-9-17/h5-9H,3-4,10-15H2,1-2H3,(H,21,22,25). The lowest BCUT2D eigenvalue weighted by molar-refractivity contribution is 0.248. The summed E-state index contributed by atoms with van der Waals surface area (Å²) in [5, 5.41) is 0. The highest BCUT2D eigenvalue weighted by atomic mass is 16.1. The van der Waals surface area contributed by atoms with E-state index in [1.165, 1.54) is 5.56 Å². The highest BCUT2D eigenvalue weighted by molar-refractivity contribution is 5.34. The van der Waals surface area contributed by atoms with Gasteiger partial charge in [0.15, 0.2) is 0 Å². The zero-order chi connectivity index (χ0) is 17.6. The molecular formula is C20H28N4O. The Morgan fingerprint density at radius 1 is 1.12 bits per heavy atom. The van der Waals surface area contributed by atoms with Gasteiger partial charge in [-0.2, -0.15) is 0 Å². The van der Waals surface area contributed by atoms with E-state index in [9.17, 15) is 4.79 Å². The van der Waals surface area contributed by atoms with E-state index in [-0.39, 0.29) is 5.56 Å². The van der Waals surface area contributed by atoms with Crippen molar-refractivity contribution >= 4 is 5.95 Å². The third-order valence-corrected chi connectivity index (χ3v) is 4.91. The number of aryl methyl sites for hydroxylation is 1. The van der Waals surface area contributed by atoms with Crippen molar-refractivity contribution in [3.8, 4) is 0 Å². The van der Waals surface area contributed by atoms with Gasteiger partial charge in [-0.25, -0.2) is 4.98 Å². The molecule has 0 aliphatic carbocycles. The molecule has 1 aliphatic heterocycles. The summed E-state index contributed by atoms with van der Waals surface area (Å²) in [7, 11) is 0. The molecule has 0 spiro atoms. The minimum Gasteiger partial charge on any atom is -0.340 e. The molecule has 1 aromatic carbocycles. The molecular weight excluding hydrogens is 312 g/mol. The number of aromatic amines is 1. The monoisotopic (exact) mass is 340 g/mol. The van der Waals surface area contributed by atoms with Crippen LogP contribution >= 0.6 is 0 Å². The topological polar surface area (TPSA) is 52.2 Å². The van der Waals surface area contributed by atoms with Gasteiger partial charge in [0.1, 0.15) is 0 Å². The number of anilines is 1. The van der Waals surface area contributed by atoms with Crippen LogP contribution in [-0.4, -0.2) is 41.0 Å². The van der Waals surface area contributed by atoms with E-state index in [0.29, 0.717) is 0 Å². The number of rotatable bonds is 6. The van der Waals surface area contributed by atoms with Crippen LogP contribution in [-0.2, 0) is 13.0 Å². The molecule has 2 heterocycles. The average Bonchev–Trinajstić information content (AvgIpc) is 2.62. The van der Waals surface area contributed by atoms with Crippen molar-refractivity contribution in [1.82, 2.24) is 14.9 Å². The van der Waals surface area contributed by atoms with E-state index in [1.54, 1.807) is 0 Å². The van der Waals surface area contributed by atoms with Crippen LogP contribution < -0.4 is 10.5 Å². The van der Waals surface area contributed by atoms with Gasteiger partial charge in [-0.05, 0) is 25.3 Å². The average molecular weight is 340 g/mol. The van der Waals surface area contributed by atoms with Gasteiger partial charge in [-0.3, -0.25) is 14.7 Å². The van der Waals surface area contributed by atoms with E-state index in [1.807, 2.05) is 6.92 Å².